The monoisotopic (exact) mass is 174 g/mol. The molecule has 0 saturated heterocycles. The summed E-state index contributed by atoms with van der Waals surface area (Å²) in [5, 5.41) is 9.95. The SMILES string of the molecule is CC1=NC(O)(c2ccccc2)N=C1. The predicted octanol–water partition coefficient (Wildman–Crippen LogP) is 1.33. The minimum absolute atomic E-state index is 0.697. The van der Waals surface area contributed by atoms with Crippen molar-refractivity contribution < 1.29 is 5.11 Å². The van der Waals surface area contributed by atoms with E-state index in [0.717, 1.165) is 5.71 Å². The maximum atomic E-state index is 9.95. The molecule has 13 heavy (non-hydrogen) atoms. The van der Waals surface area contributed by atoms with Gasteiger partial charge in [0.25, 0.3) is 5.85 Å². The molecule has 3 nitrogen and oxygen atoms in total. The van der Waals surface area contributed by atoms with Crippen LogP contribution in [0, 0.1) is 0 Å². The van der Waals surface area contributed by atoms with Crippen LogP contribution in [0.5, 0.6) is 0 Å². The van der Waals surface area contributed by atoms with E-state index in [0.29, 0.717) is 5.56 Å². The van der Waals surface area contributed by atoms with E-state index in [1.165, 1.54) is 0 Å². The molecule has 0 fully saturated rings. The molecule has 66 valence electrons. The quantitative estimate of drug-likeness (QED) is 0.686. The molecule has 0 bridgehead atoms. The summed E-state index contributed by atoms with van der Waals surface area (Å²) in [7, 11) is 0. The minimum atomic E-state index is -1.38. The zero-order chi connectivity index (χ0) is 9.31. The van der Waals surface area contributed by atoms with Crippen molar-refractivity contribution in [2.45, 2.75) is 12.8 Å². The molecule has 1 aromatic carbocycles. The first-order chi connectivity index (χ1) is 6.21. The fraction of sp³-hybridized carbons (Fsp3) is 0.200. The van der Waals surface area contributed by atoms with Gasteiger partial charge in [-0.3, -0.25) is 0 Å². The lowest BCUT2D eigenvalue weighted by Gasteiger charge is -2.15. The molecule has 0 saturated carbocycles. The standard InChI is InChI=1S/C10H10N2O/c1-8-7-11-10(13,12-8)9-5-3-2-4-6-9/h2-7,13H,1H3. The number of hydrogen-bond donors (Lipinski definition) is 1. The molecule has 0 aromatic heterocycles. The van der Waals surface area contributed by atoms with Crippen LogP contribution in [0.25, 0.3) is 0 Å². The van der Waals surface area contributed by atoms with E-state index < -0.39 is 5.85 Å². The van der Waals surface area contributed by atoms with E-state index in [2.05, 4.69) is 9.98 Å². The van der Waals surface area contributed by atoms with E-state index in [1.54, 1.807) is 18.3 Å². The molecule has 1 aliphatic rings. The van der Waals surface area contributed by atoms with E-state index >= 15 is 0 Å². The largest absolute Gasteiger partial charge is 0.348 e. The summed E-state index contributed by atoms with van der Waals surface area (Å²) in [6.07, 6.45) is 1.58. The lowest BCUT2D eigenvalue weighted by Crippen LogP contribution is -2.17. The van der Waals surface area contributed by atoms with Crippen molar-refractivity contribution in [3.8, 4) is 0 Å². The van der Waals surface area contributed by atoms with Gasteiger partial charge < -0.3 is 5.11 Å². The van der Waals surface area contributed by atoms with Gasteiger partial charge in [0, 0.05) is 11.8 Å². The highest BCUT2D eigenvalue weighted by Gasteiger charge is 2.29. The first-order valence-electron chi connectivity index (χ1n) is 4.10. The van der Waals surface area contributed by atoms with Gasteiger partial charge in [0.05, 0.1) is 5.71 Å². The summed E-state index contributed by atoms with van der Waals surface area (Å²) in [5.41, 5.74) is 1.44. The van der Waals surface area contributed by atoms with Crippen LogP contribution in [0.2, 0.25) is 0 Å². The Bertz CT molecular complexity index is 370. The fourth-order valence-corrected chi connectivity index (χ4v) is 1.29. The van der Waals surface area contributed by atoms with Crippen LogP contribution in [0.3, 0.4) is 0 Å². The number of hydrogen-bond acceptors (Lipinski definition) is 3. The Balaban J connectivity index is 2.43. The molecule has 1 heterocycles. The normalized spacial score (nSPS) is 26.2. The van der Waals surface area contributed by atoms with Crippen molar-refractivity contribution in [1.82, 2.24) is 0 Å². The Morgan fingerprint density at radius 1 is 1.23 bits per heavy atom. The van der Waals surface area contributed by atoms with Gasteiger partial charge >= 0.3 is 0 Å². The minimum Gasteiger partial charge on any atom is -0.348 e. The van der Waals surface area contributed by atoms with Crippen LogP contribution in [-0.4, -0.2) is 17.0 Å². The second kappa shape index (κ2) is 2.78. The molecule has 2 rings (SSSR count). The third-order valence-electron chi connectivity index (χ3n) is 1.92. The summed E-state index contributed by atoms with van der Waals surface area (Å²) >= 11 is 0. The summed E-state index contributed by atoms with van der Waals surface area (Å²) < 4.78 is 0. The predicted molar refractivity (Wildman–Crippen MR) is 51.9 cm³/mol. The van der Waals surface area contributed by atoms with Gasteiger partial charge in [-0.2, -0.15) is 0 Å². The van der Waals surface area contributed by atoms with Crippen molar-refractivity contribution >= 4 is 11.9 Å². The third-order valence-corrected chi connectivity index (χ3v) is 1.92. The smallest absolute Gasteiger partial charge is 0.282 e. The number of nitrogens with zero attached hydrogens (tertiary/aromatic N) is 2. The Morgan fingerprint density at radius 2 is 1.92 bits per heavy atom. The number of rotatable bonds is 1. The van der Waals surface area contributed by atoms with Crippen LogP contribution in [0.4, 0.5) is 0 Å². The maximum Gasteiger partial charge on any atom is 0.282 e. The van der Waals surface area contributed by atoms with Crippen LogP contribution in [0.15, 0.2) is 40.3 Å². The maximum absolute atomic E-state index is 9.95. The molecule has 3 heteroatoms. The lowest BCUT2D eigenvalue weighted by atomic mass is 10.1. The van der Waals surface area contributed by atoms with Crippen LogP contribution in [-0.2, 0) is 5.85 Å². The lowest BCUT2D eigenvalue weighted by molar-refractivity contribution is 0.0605. The average molecular weight is 174 g/mol. The Labute approximate surface area is 76.5 Å². The molecule has 0 aliphatic carbocycles. The summed E-state index contributed by atoms with van der Waals surface area (Å²) in [6.45, 7) is 1.81. The highest BCUT2D eigenvalue weighted by Crippen LogP contribution is 2.26. The van der Waals surface area contributed by atoms with Gasteiger partial charge in [-0.25, -0.2) is 9.98 Å². The Kier molecular flexibility index (Phi) is 1.74. The second-order valence-corrected chi connectivity index (χ2v) is 3.01. The van der Waals surface area contributed by atoms with Crippen molar-refractivity contribution in [3.05, 3.63) is 35.9 Å². The van der Waals surface area contributed by atoms with Crippen molar-refractivity contribution in [2.75, 3.05) is 0 Å². The highest BCUT2D eigenvalue weighted by atomic mass is 16.3. The first-order valence-corrected chi connectivity index (χ1v) is 4.10. The highest BCUT2D eigenvalue weighted by molar-refractivity contribution is 6.30. The van der Waals surface area contributed by atoms with Gasteiger partial charge in [0.1, 0.15) is 0 Å². The van der Waals surface area contributed by atoms with Crippen LogP contribution in [0.1, 0.15) is 12.5 Å². The van der Waals surface area contributed by atoms with E-state index in [4.69, 9.17) is 0 Å². The van der Waals surface area contributed by atoms with Crippen molar-refractivity contribution in [3.63, 3.8) is 0 Å². The first kappa shape index (κ1) is 8.13. The summed E-state index contributed by atoms with van der Waals surface area (Å²) in [4.78, 5) is 7.99. The molecule has 1 atom stereocenters. The Morgan fingerprint density at radius 3 is 2.46 bits per heavy atom. The molecule has 0 radical (unpaired) electrons. The van der Waals surface area contributed by atoms with E-state index in [-0.39, 0.29) is 0 Å². The van der Waals surface area contributed by atoms with Gasteiger partial charge in [-0.05, 0) is 6.92 Å². The average Bonchev–Trinajstić information content (AvgIpc) is 2.49. The van der Waals surface area contributed by atoms with E-state index in [1.807, 2.05) is 25.1 Å². The van der Waals surface area contributed by atoms with Crippen LogP contribution < -0.4 is 0 Å². The third kappa shape index (κ3) is 1.38. The number of aliphatic imine (C=N–C) groups is 2. The van der Waals surface area contributed by atoms with Crippen molar-refractivity contribution in [1.29, 1.82) is 0 Å². The molecular formula is C10H10N2O. The zero-order valence-electron chi connectivity index (χ0n) is 7.31. The molecule has 0 amide bonds. The molecule has 1 unspecified atom stereocenters. The van der Waals surface area contributed by atoms with Crippen LogP contribution >= 0.6 is 0 Å². The van der Waals surface area contributed by atoms with Gasteiger partial charge in [0.15, 0.2) is 0 Å². The molecular weight excluding hydrogens is 164 g/mol. The van der Waals surface area contributed by atoms with Gasteiger partial charge in [-0.1, -0.05) is 30.3 Å². The Hall–Kier alpha value is -1.48. The zero-order valence-corrected chi connectivity index (χ0v) is 7.31. The molecule has 0 spiro atoms. The summed E-state index contributed by atoms with van der Waals surface area (Å²) in [5.74, 6) is -1.38. The van der Waals surface area contributed by atoms with E-state index in [9.17, 15) is 5.11 Å². The van der Waals surface area contributed by atoms with Crippen molar-refractivity contribution in [2.24, 2.45) is 9.98 Å². The van der Waals surface area contributed by atoms with Gasteiger partial charge in [0.2, 0.25) is 0 Å². The molecule has 1 N–H and O–H groups in total. The summed E-state index contributed by atoms with van der Waals surface area (Å²) in [6, 6.07) is 9.21. The van der Waals surface area contributed by atoms with Gasteiger partial charge in [-0.15, -0.1) is 0 Å². The molecule has 1 aliphatic heterocycles. The topological polar surface area (TPSA) is 45.0 Å². The number of benzene rings is 1. The molecule has 1 aromatic rings. The number of aliphatic hydroxyl groups is 1. The second-order valence-electron chi connectivity index (χ2n) is 3.01. The fourth-order valence-electron chi connectivity index (χ4n) is 1.29.